The molecule has 2 nitrogen and oxygen atoms in total. The zero-order valence-corrected chi connectivity index (χ0v) is 11.9. The summed E-state index contributed by atoms with van der Waals surface area (Å²) in [5.74, 6) is 0.133. The summed E-state index contributed by atoms with van der Waals surface area (Å²) in [5.41, 5.74) is 1.06. The van der Waals surface area contributed by atoms with Crippen LogP contribution in [0.1, 0.15) is 42.5 Å². The largest absolute Gasteiger partial charge is 0.478 e. The van der Waals surface area contributed by atoms with E-state index in [1.165, 1.54) is 43.1 Å². The molecule has 0 radical (unpaired) electrons. The van der Waals surface area contributed by atoms with Crippen LogP contribution in [0.3, 0.4) is 0 Å². The van der Waals surface area contributed by atoms with E-state index in [1.807, 2.05) is 23.2 Å². The minimum absolute atomic E-state index is 0.803. The Morgan fingerprint density at radius 2 is 2.22 bits per heavy atom. The summed E-state index contributed by atoms with van der Waals surface area (Å²) in [7, 11) is 0. The maximum absolute atomic E-state index is 10.5. The van der Waals surface area contributed by atoms with E-state index in [-0.39, 0.29) is 0 Å². The fourth-order valence-corrected chi connectivity index (χ4v) is 4.55. The van der Waals surface area contributed by atoms with E-state index in [9.17, 15) is 4.79 Å². The summed E-state index contributed by atoms with van der Waals surface area (Å²) >= 11 is 3.76. The number of aliphatic carboxylic acids is 1. The Balaban J connectivity index is 1.88. The lowest BCUT2D eigenvalue weighted by atomic mass is 10.0. The van der Waals surface area contributed by atoms with Gasteiger partial charge in [-0.2, -0.15) is 11.8 Å². The zero-order valence-electron chi connectivity index (χ0n) is 10.3. The van der Waals surface area contributed by atoms with Gasteiger partial charge in [0.05, 0.1) is 0 Å². The van der Waals surface area contributed by atoms with Crippen LogP contribution in [0.2, 0.25) is 0 Å². The topological polar surface area (TPSA) is 37.3 Å². The van der Waals surface area contributed by atoms with Gasteiger partial charge in [0.25, 0.3) is 0 Å². The lowest BCUT2D eigenvalue weighted by Crippen LogP contribution is -2.08. The van der Waals surface area contributed by atoms with Crippen LogP contribution < -0.4 is 0 Å². The second kappa shape index (κ2) is 7.00. The lowest BCUT2D eigenvalue weighted by molar-refractivity contribution is -0.131. The molecular formula is C14H18O2S2. The second-order valence-electron chi connectivity index (χ2n) is 4.54. The van der Waals surface area contributed by atoms with Crippen LogP contribution in [0.5, 0.6) is 0 Å². The first-order valence-electron chi connectivity index (χ1n) is 6.34. The van der Waals surface area contributed by atoms with Crippen molar-refractivity contribution in [1.29, 1.82) is 0 Å². The maximum Gasteiger partial charge on any atom is 0.328 e. The first-order chi connectivity index (χ1) is 8.75. The Bertz CT molecular complexity index is 417. The Hall–Kier alpha value is -0.740. The van der Waals surface area contributed by atoms with E-state index in [1.54, 1.807) is 17.4 Å². The summed E-state index contributed by atoms with van der Waals surface area (Å²) in [4.78, 5) is 11.8. The van der Waals surface area contributed by atoms with E-state index >= 15 is 0 Å². The SMILES string of the molecule is O=C(O)C=Cc1ccsc1CSC1CCCCC1. The number of hydrogen-bond acceptors (Lipinski definition) is 3. The monoisotopic (exact) mass is 282 g/mol. The van der Waals surface area contributed by atoms with Crippen molar-refractivity contribution in [2.24, 2.45) is 0 Å². The van der Waals surface area contributed by atoms with Crippen molar-refractivity contribution in [2.45, 2.75) is 43.1 Å². The predicted octanol–water partition coefficient (Wildman–Crippen LogP) is 4.41. The smallest absolute Gasteiger partial charge is 0.328 e. The minimum atomic E-state index is -0.882. The molecule has 0 amide bonds. The average Bonchev–Trinajstić information content (AvgIpc) is 2.82. The van der Waals surface area contributed by atoms with Gasteiger partial charge in [0, 0.05) is 22.0 Å². The van der Waals surface area contributed by atoms with Gasteiger partial charge >= 0.3 is 5.97 Å². The Morgan fingerprint density at radius 1 is 1.44 bits per heavy atom. The minimum Gasteiger partial charge on any atom is -0.478 e. The molecule has 0 aromatic carbocycles. The van der Waals surface area contributed by atoms with Gasteiger partial charge in [0.15, 0.2) is 0 Å². The van der Waals surface area contributed by atoms with Crippen molar-refractivity contribution in [1.82, 2.24) is 0 Å². The standard InChI is InChI=1S/C14H18O2S2/c15-14(16)7-6-11-8-9-17-13(11)10-18-12-4-2-1-3-5-12/h6-9,12H,1-5,10H2,(H,15,16). The third-order valence-electron chi connectivity index (χ3n) is 3.19. The molecule has 1 N–H and O–H groups in total. The highest BCUT2D eigenvalue weighted by molar-refractivity contribution is 7.99. The van der Waals surface area contributed by atoms with E-state index < -0.39 is 5.97 Å². The highest BCUT2D eigenvalue weighted by Crippen LogP contribution is 2.32. The van der Waals surface area contributed by atoms with Gasteiger partial charge in [-0.3, -0.25) is 0 Å². The van der Waals surface area contributed by atoms with Crippen LogP contribution in [-0.4, -0.2) is 16.3 Å². The van der Waals surface area contributed by atoms with E-state index in [4.69, 9.17) is 5.11 Å². The zero-order chi connectivity index (χ0) is 12.8. The highest BCUT2D eigenvalue weighted by Gasteiger charge is 2.14. The van der Waals surface area contributed by atoms with Crippen molar-refractivity contribution < 1.29 is 9.90 Å². The molecule has 18 heavy (non-hydrogen) atoms. The molecule has 0 saturated heterocycles. The van der Waals surface area contributed by atoms with Crippen LogP contribution in [-0.2, 0) is 10.5 Å². The first-order valence-corrected chi connectivity index (χ1v) is 8.27. The molecule has 1 aliphatic rings. The van der Waals surface area contributed by atoms with Gasteiger partial charge < -0.3 is 5.11 Å². The Labute approximate surface area is 116 Å². The van der Waals surface area contributed by atoms with Crippen molar-refractivity contribution >= 4 is 35.1 Å². The fraction of sp³-hybridized carbons (Fsp3) is 0.500. The van der Waals surface area contributed by atoms with Crippen LogP contribution in [0.4, 0.5) is 0 Å². The summed E-state index contributed by atoms with van der Waals surface area (Å²) in [6.07, 6.45) is 9.74. The number of hydrogen-bond donors (Lipinski definition) is 1. The number of thiophene rings is 1. The molecular weight excluding hydrogens is 264 g/mol. The van der Waals surface area contributed by atoms with Gasteiger partial charge in [-0.25, -0.2) is 4.79 Å². The van der Waals surface area contributed by atoms with Crippen LogP contribution >= 0.6 is 23.1 Å². The average molecular weight is 282 g/mol. The molecule has 1 fully saturated rings. The number of carboxylic acid groups (broad SMARTS) is 1. The molecule has 4 heteroatoms. The summed E-state index contributed by atoms with van der Waals surface area (Å²) in [6.45, 7) is 0. The molecule has 98 valence electrons. The predicted molar refractivity (Wildman–Crippen MR) is 79.2 cm³/mol. The normalized spacial score (nSPS) is 17.3. The molecule has 1 aromatic rings. The van der Waals surface area contributed by atoms with E-state index in [0.29, 0.717) is 0 Å². The summed E-state index contributed by atoms with van der Waals surface area (Å²) < 4.78 is 0. The second-order valence-corrected chi connectivity index (χ2v) is 6.83. The highest BCUT2D eigenvalue weighted by atomic mass is 32.2. The third-order valence-corrected chi connectivity index (χ3v) is 5.71. The van der Waals surface area contributed by atoms with Crippen LogP contribution in [0.25, 0.3) is 6.08 Å². The number of carboxylic acids is 1. The Kier molecular flexibility index (Phi) is 5.32. The van der Waals surface area contributed by atoms with Crippen molar-refractivity contribution in [3.63, 3.8) is 0 Å². The summed E-state index contributed by atoms with van der Waals surface area (Å²) in [6, 6.07) is 2.00. The maximum atomic E-state index is 10.5. The first kappa shape index (κ1) is 13.7. The lowest BCUT2D eigenvalue weighted by Gasteiger charge is -2.20. The van der Waals surface area contributed by atoms with Crippen LogP contribution in [0, 0.1) is 0 Å². The van der Waals surface area contributed by atoms with E-state index in [2.05, 4.69) is 0 Å². The van der Waals surface area contributed by atoms with Crippen molar-refractivity contribution in [2.75, 3.05) is 0 Å². The van der Waals surface area contributed by atoms with Gasteiger partial charge in [0.1, 0.15) is 0 Å². The van der Waals surface area contributed by atoms with Gasteiger partial charge in [-0.05, 0) is 35.9 Å². The quantitative estimate of drug-likeness (QED) is 0.813. The van der Waals surface area contributed by atoms with Gasteiger partial charge in [-0.15, -0.1) is 11.3 Å². The molecule has 0 atom stereocenters. The molecule has 1 aromatic heterocycles. The fourth-order valence-electron chi connectivity index (χ4n) is 2.20. The molecule has 1 heterocycles. The van der Waals surface area contributed by atoms with Crippen molar-refractivity contribution in [3.05, 3.63) is 28.0 Å². The number of thioether (sulfide) groups is 1. The molecule has 0 bridgehead atoms. The number of carbonyl (C=O) groups is 1. The van der Waals surface area contributed by atoms with Crippen LogP contribution in [0.15, 0.2) is 17.5 Å². The molecule has 0 unspecified atom stereocenters. The Morgan fingerprint density at radius 3 is 2.94 bits per heavy atom. The van der Waals surface area contributed by atoms with Crippen molar-refractivity contribution in [3.8, 4) is 0 Å². The third kappa shape index (κ3) is 4.18. The van der Waals surface area contributed by atoms with E-state index in [0.717, 1.165) is 16.6 Å². The molecule has 1 saturated carbocycles. The summed E-state index contributed by atoms with van der Waals surface area (Å²) in [5, 5.41) is 11.5. The molecule has 0 spiro atoms. The number of rotatable bonds is 5. The molecule has 1 aliphatic carbocycles. The van der Waals surface area contributed by atoms with Gasteiger partial charge in [-0.1, -0.05) is 19.3 Å². The van der Waals surface area contributed by atoms with Gasteiger partial charge in [0.2, 0.25) is 0 Å². The molecule has 0 aliphatic heterocycles. The molecule has 2 rings (SSSR count).